The average Bonchev–Trinajstić information content (AvgIpc) is 2.43. The summed E-state index contributed by atoms with van der Waals surface area (Å²) in [7, 11) is -3.17. The molecule has 1 rings (SSSR count). The van der Waals surface area contributed by atoms with Crippen molar-refractivity contribution in [2.45, 2.75) is 26.7 Å². The van der Waals surface area contributed by atoms with Crippen molar-refractivity contribution in [3.8, 4) is 0 Å². The zero-order valence-corrected chi connectivity index (χ0v) is 12.0. The molecule has 0 N–H and O–H groups in total. The summed E-state index contributed by atoms with van der Waals surface area (Å²) in [6, 6.07) is 7.28. The van der Waals surface area contributed by atoms with Crippen molar-refractivity contribution in [3.05, 3.63) is 36.4 Å². The van der Waals surface area contributed by atoms with E-state index in [0.29, 0.717) is 18.5 Å². The predicted molar refractivity (Wildman–Crippen MR) is 76.3 cm³/mol. The second kappa shape index (κ2) is 7.52. The Morgan fingerprint density at radius 1 is 1.11 bits per heavy atom. The van der Waals surface area contributed by atoms with Crippen LogP contribution in [0.3, 0.4) is 0 Å². The molecule has 1 aromatic carbocycles. The van der Waals surface area contributed by atoms with Crippen LogP contribution in [0.2, 0.25) is 0 Å². The van der Waals surface area contributed by atoms with Gasteiger partial charge in [0.25, 0.3) is 0 Å². The summed E-state index contributed by atoms with van der Waals surface area (Å²) in [5, 5.41) is 0.606. The van der Waals surface area contributed by atoms with E-state index in [1.54, 1.807) is 18.2 Å². The van der Waals surface area contributed by atoms with Gasteiger partial charge in [-0.3, -0.25) is 4.57 Å². The van der Waals surface area contributed by atoms with E-state index in [4.69, 9.17) is 9.05 Å². The van der Waals surface area contributed by atoms with Crippen LogP contribution in [0.15, 0.2) is 30.8 Å². The third-order valence-corrected chi connectivity index (χ3v) is 4.35. The Morgan fingerprint density at radius 3 is 2.00 bits per heavy atom. The molecule has 18 heavy (non-hydrogen) atoms. The van der Waals surface area contributed by atoms with E-state index >= 15 is 0 Å². The molecule has 0 saturated heterocycles. The van der Waals surface area contributed by atoms with Crippen molar-refractivity contribution >= 4 is 19.0 Å². The topological polar surface area (TPSA) is 35.5 Å². The lowest BCUT2D eigenvalue weighted by Gasteiger charge is -2.18. The van der Waals surface area contributed by atoms with Crippen LogP contribution in [0, 0.1) is 0 Å². The molecule has 0 amide bonds. The fourth-order valence-corrected chi connectivity index (χ4v) is 3.14. The third kappa shape index (κ3) is 4.09. The van der Waals surface area contributed by atoms with Gasteiger partial charge in [0, 0.05) is 0 Å². The normalized spacial score (nSPS) is 11.4. The van der Waals surface area contributed by atoms with Gasteiger partial charge in [-0.1, -0.05) is 38.6 Å². The summed E-state index contributed by atoms with van der Waals surface area (Å²) in [6.45, 7) is 8.51. The van der Waals surface area contributed by atoms with E-state index < -0.39 is 7.60 Å². The van der Waals surface area contributed by atoms with Gasteiger partial charge in [0.1, 0.15) is 0 Å². The minimum absolute atomic E-state index is 0.435. The van der Waals surface area contributed by atoms with E-state index in [1.807, 2.05) is 26.0 Å². The first-order chi connectivity index (χ1) is 8.66. The number of rotatable bonds is 8. The van der Waals surface area contributed by atoms with Crippen molar-refractivity contribution in [2.24, 2.45) is 0 Å². The summed E-state index contributed by atoms with van der Waals surface area (Å²) >= 11 is 0. The van der Waals surface area contributed by atoms with Crippen LogP contribution < -0.4 is 5.30 Å². The van der Waals surface area contributed by atoms with Crippen molar-refractivity contribution in [3.63, 3.8) is 0 Å². The molecule has 0 aliphatic carbocycles. The zero-order chi connectivity index (χ0) is 13.4. The van der Waals surface area contributed by atoms with E-state index in [-0.39, 0.29) is 0 Å². The highest BCUT2D eigenvalue weighted by atomic mass is 31.2. The quantitative estimate of drug-likeness (QED) is 0.668. The lowest BCUT2D eigenvalue weighted by Crippen LogP contribution is -2.11. The van der Waals surface area contributed by atoms with E-state index in [0.717, 1.165) is 18.4 Å². The van der Waals surface area contributed by atoms with Gasteiger partial charge in [-0.2, -0.15) is 0 Å². The van der Waals surface area contributed by atoms with Gasteiger partial charge in [0.05, 0.1) is 18.5 Å². The molecular formula is C14H21O3P. The van der Waals surface area contributed by atoms with E-state index in [9.17, 15) is 4.57 Å². The van der Waals surface area contributed by atoms with Crippen LogP contribution in [-0.4, -0.2) is 13.2 Å². The summed E-state index contributed by atoms with van der Waals surface area (Å²) in [4.78, 5) is 0. The number of hydrogen-bond donors (Lipinski definition) is 0. The summed E-state index contributed by atoms with van der Waals surface area (Å²) in [5.74, 6) is 0. The Balaban J connectivity index is 2.92. The van der Waals surface area contributed by atoms with Crippen molar-refractivity contribution in [2.75, 3.05) is 13.2 Å². The maximum Gasteiger partial charge on any atom is 0.361 e. The van der Waals surface area contributed by atoms with Gasteiger partial charge >= 0.3 is 7.60 Å². The lowest BCUT2D eigenvalue weighted by molar-refractivity contribution is 0.213. The second-order valence-corrected chi connectivity index (χ2v) is 5.99. The second-order valence-electron chi connectivity index (χ2n) is 3.96. The Kier molecular flexibility index (Phi) is 6.34. The maximum absolute atomic E-state index is 12.7. The molecule has 4 heteroatoms. The zero-order valence-electron chi connectivity index (χ0n) is 11.1. The molecule has 0 radical (unpaired) electrons. The van der Waals surface area contributed by atoms with Crippen LogP contribution in [-0.2, 0) is 13.6 Å². The molecule has 0 aliphatic rings. The molecule has 0 spiro atoms. The first-order valence-corrected chi connectivity index (χ1v) is 7.82. The third-order valence-electron chi connectivity index (χ3n) is 2.38. The molecule has 0 aromatic heterocycles. The first kappa shape index (κ1) is 15.2. The van der Waals surface area contributed by atoms with Crippen LogP contribution in [0.25, 0.3) is 6.08 Å². The van der Waals surface area contributed by atoms with Crippen molar-refractivity contribution < 1.29 is 13.6 Å². The monoisotopic (exact) mass is 268 g/mol. The molecule has 0 saturated carbocycles. The average molecular weight is 268 g/mol. The number of hydrogen-bond acceptors (Lipinski definition) is 3. The smallest absolute Gasteiger partial charge is 0.305 e. The van der Waals surface area contributed by atoms with Gasteiger partial charge < -0.3 is 9.05 Å². The molecule has 0 aliphatic heterocycles. The van der Waals surface area contributed by atoms with Gasteiger partial charge in [0.2, 0.25) is 0 Å². The Labute approximate surface area is 109 Å². The molecule has 0 unspecified atom stereocenters. The Hall–Kier alpha value is -0.890. The maximum atomic E-state index is 12.7. The predicted octanol–water partition coefficient (Wildman–Crippen LogP) is 4.00. The van der Waals surface area contributed by atoms with E-state index in [1.165, 1.54) is 0 Å². The van der Waals surface area contributed by atoms with E-state index in [2.05, 4.69) is 6.58 Å². The lowest BCUT2D eigenvalue weighted by atomic mass is 10.2. The van der Waals surface area contributed by atoms with Gasteiger partial charge in [-0.25, -0.2) is 0 Å². The van der Waals surface area contributed by atoms with Crippen molar-refractivity contribution in [1.29, 1.82) is 0 Å². The molecule has 0 fully saturated rings. The van der Waals surface area contributed by atoms with Crippen LogP contribution in [0.4, 0.5) is 0 Å². The Bertz CT molecular complexity index is 400. The van der Waals surface area contributed by atoms with Crippen LogP contribution >= 0.6 is 7.60 Å². The highest BCUT2D eigenvalue weighted by Crippen LogP contribution is 2.47. The molecule has 0 atom stereocenters. The summed E-state index contributed by atoms with van der Waals surface area (Å²) in [5.41, 5.74) is 0.983. The van der Waals surface area contributed by atoms with Gasteiger partial charge in [-0.15, -0.1) is 0 Å². The standard InChI is InChI=1S/C14H21O3P/c1-4-11-16-18(15,17-12-5-2)14-9-7-13(6-3)8-10-14/h6-10H,3-5,11-12H2,1-2H3. The molecule has 3 nitrogen and oxygen atoms in total. The first-order valence-electron chi connectivity index (χ1n) is 6.28. The summed E-state index contributed by atoms with van der Waals surface area (Å²) < 4.78 is 23.6. The molecule has 1 aromatic rings. The fraction of sp³-hybridized carbons (Fsp3) is 0.429. The minimum atomic E-state index is -3.17. The highest BCUT2D eigenvalue weighted by Gasteiger charge is 2.26. The number of benzene rings is 1. The SMILES string of the molecule is C=Cc1ccc(P(=O)(OCCC)OCCC)cc1. The van der Waals surface area contributed by atoms with Crippen LogP contribution in [0.1, 0.15) is 32.3 Å². The Morgan fingerprint density at radius 2 is 1.61 bits per heavy atom. The van der Waals surface area contributed by atoms with Crippen molar-refractivity contribution in [1.82, 2.24) is 0 Å². The van der Waals surface area contributed by atoms with Gasteiger partial charge in [-0.05, 0) is 30.5 Å². The fourth-order valence-electron chi connectivity index (χ4n) is 1.40. The largest absolute Gasteiger partial charge is 0.361 e. The molecule has 0 bridgehead atoms. The molecule has 0 heterocycles. The molecule has 100 valence electrons. The van der Waals surface area contributed by atoms with Gasteiger partial charge in [0.15, 0.2) is 0 Å². The minimum Gasteiger partial charge on any atom is -0.305 e. The molecular weight excluding hydrogens is 247 g/mol. The summed E-state index contributed by atoms with van der Waals surface area (Å²) in [6.07, 6.45) is 3.36. The highest BCUT2D eigenvalue weighted by molar-refractivity contribution is 7.62. The van der Waals surface area contributed by atoms with Crippen LogP contribution in [0.5, 0.6) is 0 Å².